The van der Waals surface area contributed by atoms with E-state index in [1.807, 2.05) is 0 Å². The molecule has 0 saturated heterocycles. The van der Waals surface area contributed by atoms with Gasteiger partial charge in [-0.25, -0.2) is 9.37 Å². The summed E-state index contributed by atoms with van der Waals surface area (Å²) in [4.78, 5) is 3.83. The van der Waals surface area contributed by atoms with Crippen molar-refractivity contribution in [3.05, 3.63) is 28.6 Å². The van der Waals surface area contributed by atoms with Crippen LogP contribution in [-0.4, -0.2) is 21.4 Å². The molecule has 100 valence electrons. The molecule has 0 aliphatic rings. The van der Waals surface area contributed by atoms with Crippen molar-refractivity contribution >= 4 is 28.5 Å². The van der Waals surface area contributed by atoms with Gasteiger partial charge in [0.15, 0.2) is 17.3 Å². The maximum absolute atomic E-state index is 13.2. The molecule has 0 aliphatic heterocycles. The quantitative estimate of drug-likeness (QED) is 0.509. The van der Waals surface area contributed by atoms with Gasteiger partial charge in [-0.1, -0.05) is 0 Å². The van der Waals surface area contributed by atoms with Crippen molar-refractivity contribution in [3.8, 4) is 11.5 Å². The Bertz CT molecular complexity index is 645. The average molecular weight is 286 g/mol. The van der Waals surface area contributed by atoms with Gasteiger partial charge in [-0.3, -0.25) is 5.43 Å². The van der Waals surface area contributed by atoms with E-state index in [-0.39, 0.29) is 5.56 Å². The van der Waals surface area contributed by atoms with Crippen LogP contribution in [0, 0.1) is 11.6 Å². The molecule has 19 heavy (non-hydrogen) atoms. The minimum absolute atomic E-state index is 0.232. The van der Waals surface area contributed by atoms with Gasteiger partial charge in [-0.2, -0.15) is 9.49 Å². The van der Waals surface area contributed by atoms with Crippen molar-refractivity contribution in [2.24, 2.45) is 5.10 Å². The molecular weight excluding hydrogens is 278 g/mol. The summed E-state index contributed by atoms with van der Waals surface area (Å²) in [6, 6.07) is 0.745. The van der Waals surface area contributed by atoms with Crippen molar-refractivity contribution in [3.63, 3.8) is 0 Å². The van der Waals surface area contributed by atoms with Gasteiger partial charge in [0.2, 0.25) is 10.9 Å². The van der Waals surface area contributed by atoms with Crippen LogP contribution in [0.1, 0.15) is 5.56 Å². The van der Waals surface area contributed by atoms with Gasteiger partial charge < -0.3 is 15.9 Å². The molecule has 0 aliphatic carbocycles. The van der Waals surface area contributed by atoms with Gasteiger partial charge in [-0.15, -0.1) is 11.3 Å². The number of hydrazone groups is 1. The van der Waals surface area contributed by atoms with E-state index >= 15 is 0 Å². The number of nitrogens with zero attached hydrogens (tertiary/aromatic N) is 2. The lowest BCUT2D eigenvalue weighted by atomic mass is 10.2. The van der Waals surface area contributed by atoms with E-state index < -0.39 is 23.1 Å². The third-order valence-corrected chi connectivity index (χ3v) is 2.85. The summed E-state index contributed by atoms with van der Waals surface area (Å²) in [6.45, 7) is 0. The number of phenols is 2. The highest BCUT2D eigenvalue weighted by molar-refractivity contribution is 7.14. The molecule has 1 aromatic carbocycles. The summed E-state index contributed by atoms with van der Waals surface area (Å²) in [5.74, 6) is -4.47. The summed E-state index contributed by atoms with van der Waals surface area (Å²) in [6.07, 6.45) is 0.985. The van der Waals surface area contributed by atoms with Crippen LogP contribution in [0.25, 0.3) is 0 Å². The number of nitrogens with two attached hydrogens (primary N) is 1. The topological polar surface area (TPSA) is 104 Å². The van der Waals surface area contributed by atoms with Crippen molar-refractivity contribution in [1.29, 1.82) is 0 Å². The highest BCUT2D eigenvalue weighted by Gasteiger charge is 2.16. The van der Waals surface area contributed by atoms with E-state index in [2.05, 4.69) is 15.5 Å². The molecule has 0 radical (unpaired) electrons. The lowest BCUT2D eigenvalue weighted by Crippen LogP contribution is -1.94. The van der Waals surface area contributed by atoms with Gasteiger partial charge in [0, 0.05) is 10.9 Å². The summed E-state index contributed by atoms with van der Waals surface area (Å²) < 4.78 is 26.2. The maximum Gasteiger partial charge on any atom is 0.210 e. The molecule has 2 aromatic rings. The van der Waals surface area contributed by atoms with Crippen LogP contribution >= 0.6 is 11.3 Å². The molecule has 2 rings (SSSR count). The van der Waals surface area contributed by atoms with E-state index in [1.54, 1.807) is 5.38 Å². The molecule has 1 aromatic heterocycles. The number of rotatable bonds is 3. The van der Waals surface area contributed by atoms with E-state index in [9.17, 15) is 13.9 Å². The van der Waals surface area contributed by atoms with Crippen LogP contribution < -0.4 is 11.2 Å². The minimum Gasteiger partial charge on any atom is -0.504 e. The third-order valence-electron chi connectivity index (χ3n) is 2.08. The van der Waals surface area contributed by atoms with E-state index in [1.165, 1.54) is 11.3 Å². The monoisotopic (exact) mass is 286 g/mol. The number of halogens is 2. The molecule has 0 saturated carbocycles. The molecule has 1 heterocycles. The van der Waals surface area contributed by atoms with Gasteiger partial charge in [0.25, 0.3) is 0 Å². The zero-order valence-electron chi connectivity index (χ0n) is 9.26. The van der Waals surface area contributed by atoms with Crippen molar-refractivity contribution in [1.82, 2.24) is 4.98 Å². The van der Waals surface area contributed by atoms with E-state index in [0.717, 1.165) is 12.3 Å². The number of hydrogen-bond acceptors (Lipinski definition) is 7. The SMILES string of the molecule is Nc1csc(NN=Cc2cc(F)c(O)c(F)c2O)n1. The van der Waals surface area contributed by atoms with E-state index in [0.29, 0.717) is 10.9 Å². The Morgan fingerprint density at radius 3 is 2.74 bits per heavy atom. The highest BCUT2D eigenvalue weighted by Crippen LogP contribution is 2.30. The fourth-order valence-electron chi connectivity index (χ4n) is 1.21. The number of benzene rings is 1. The third kappa shape index (κ3) is 2.71. The van der Waals surface area contributed by atoms with Crippen LogP contribution in [0.5, 0.6) is 11.5 Å². The molecule has 0 unspecified atom stereocenters. The fraction of sp³-hybridized carbons (Fsp3) is 0. The number of aromatic nitrogens is 1. The Morgan fingerprint density at radius 2 is 2.11 bits per heavy atom. The lowest BCUT2D eigenvalue weighted by Gasteiger charge is -2.03. The standard InChI is InChI=1S/C10H8F2N4O2S/c11-5-1-4(8(17)7(12)9(5)18)2-14-16-10-15-6(13)3-19-10/h1-3,17-18H,13H2,(H,15,16). The molecule has 0 amide bonds. The Kier molecular flexibility index (Phi) is 3.47. The van der Waals surface area contributed by atoms with Crippen LogP contribution in [0.15, 0.2) is 16.5 Å². The second kappa shape index (κ2) is 5.06. The molecule has 5 N–H and O–H groups in total. The summed E-state index contributed by atoms with van der Waals surface area (Å²) in [5.41, 5.74) is 7.62. The van der Waals surface area contributed by atoms with Crippen molar-refractivity contribution < 1.29 is 19.0 Å². The number of thiazole rings is 1. The lowest BCUT2D eigenvalue weighted by molar-refractivity contribution is 0.366. The first-order valence-electron chi connectivity index (χ1n) is 4.89. The summed E-state index contributed by atoms with van der Waals surface area (Å²) in [5, 5.41) is 23.9. The van der Waals surface area contributed by atoms with Crippen LogP contribution in [-0.2, 0) is 0 Å². The number of phenolic OH excluding ortho intramolecular Hbond substituents is 2. The second-order valence-electron chi connectivity index (χ2n) is 3.41. The van der Waals surface area contributed by atoms with Crippen LogP contribution in [0.3, 0.4) is 0 Å². The number of anilines is 2. The predicted molar refractivity (Wildman–Crippen MR) is 67.4 cm³/mol. The fourth-order valence-corrected chi connectivity index (χ4v) is 1.76. The number of nitrogens with one attached hydrogen (secondary N) is 1. The number of aromatic hydroxyl groups is 2. The Labute approximate surface area is 109 Å². The number of nitrogen functional groups attached to an aromatic ring is 1. The molecule has 0 spiro atoms. The Hall–Kier alpha value is -2.42. The minimum atomic E-state index is -1.44. The zero-order chi connectivity index (χ0) is 14.0. The van der Waals surface area contributed by atoms with Crippen molar-refractivity contribution in [2.45, 2.75) is 0 Å². The van der Waals surface area contributed by atoms with Gasteiger partial charge >= 0.3 is 0 Å². The smallest absolute Gasteiger partial charge is 0.210 e. The van der Waals surface area contributed by atoms with Gasteiger partial charge in [0.05, 0.1) is 6.21 Å². The first-order valence-corrected chi connectivity index (χ1v) is 5.77. The zero-order valence-corrected chi connectivity index (χ0v) is 10.1. The van der Waals surface area contributed by atoms with Gasteiger partial charge in [0.1, 0.15) is 5.82 Å². The molecule has 6 nitrogen and oxygen atoms in total. The number of hydrogen-bond donors (Lipinski definition) is 4. The average Bonchev–Trinajstić information content (AvgIpc) is 2.79. The second-order valence-corrected chi connectivity index (χ2v) is 4.26. The molecule has 0 fully saturated rings. The van der Waals surface area contributed by atoms with Crippen LogP contribution in [0.2, 0.25) is 0 Å². The normalized spacial score (nSPS) is 11.1. The highest BCUT2D eigenvalue weighted by atomic mass is 32.1. The van der Waals surface area contributed by atoms with Crippen molar-refractivity contribution in [2.75, 3.05) is 11.2 Å². The molecule has 0 bridgehead atoms. The van der Waals surface area contributed by atoms with Gasteiger partial charge in [-0.05, 0) is 6.07 Å². The predicted octanol–water partition coefficient (Wildman–Crippen LogP) is 1.86. The summed E-state index contributed by atoms with van der Waals surface area (Å²) in [7, 11) is 0. The molecular formula is C10H8F2N4O2S. The Balaban J connectivity index is 2.19. The first-order chi connectivity index (χ1) is 8.99. The van der Waals surface area contributed by atoms with Crippen LogP contribution in [0.4, 0.5) is 19.7 Å². The van der Waals surface area contributed by atoms with E-state index in [4.69, 9.17) is 10.8 Å². The Morgan fingerprint density at radius 1 is 1.37 bits per heavy atom. The largest absolute Gasteiger partial charge is 0.504 e. The molecule has 0 atom stereocenters. The molecule has 9 heteroatoms. The maximum atomic E-state index is 13.2. The summed E-state index contributed by atoms with van der Waals surface area (Å²) >= 11 is 1.19. The first kappa shape index (κ1) is 13.0.